The third kappa shape index (κ3) is 19.6. The molecule has 0 heterocycles. The van der Waals surface area contributed by atoms with Crippen LogP contribution in [0.3, 0.4) is 0 Å². The number of aliphatic hydroxyl groups is 5. The van der Waals surface area contributed by atoms with E-state index < -0.39 is 0 Å². The molecule has 10 nitrogen and oxygen atoms in total. The first-order valence-electron chi connectivity index (χ1n) is 7.70. The first-order valence-corrected chi connectivity index (χ1v) is 7.70. The molecular weight excluding hydrogens is 310 g/mol. The van der Waals surface area contributed by atoms with Crippen molar-refractivity contribution in [2.75, 3.05) is 79.0 Å². The molecular formula is C13H33N3O7. The van der Waals surface area contributed by atoms with Gasteiger partial charge in [0, 0.05) is 19.6 Å². The molecule has 0 aliphatic heterocycles. The number of rotatable bonds is 15. The van der Waals surface area contributed by atoms with Gasteiger partial charge in [0.1, 0.15) is 0 Å². The third-order valence-corrected chi connectivity index (χ3v) is 2.45. The summed E-state index contributed by atoms with van der Waals surface area (Å²) in [5.74, 6) is 0. The fourth-order valence-electron chi connectivity index (χ4n) is 1.43. The summed E-state index contributed by atoms with van der Waals surface area (Å²) in [7, 11) is 0. The Morgan fingerprint density at radius 1 is 0.652 bits per heavy atom. The van der Waals surface area contributed by atoms with Crippen LogP contribution in [-0.4, -0.2) is 115 Å². The second kappa shape index (κ2) is 21.6. The summed E-state index contributed by atoms with van der Waals surface area (Å²) in [6, 6.07) is 0. The highest BCUT2D eigenvalue weighted by Crippen LogP contribution is 1.94. The van der Waals surface area contributed by atoms with Crippen LogP contribution in [0, 0.1) is 0 Å². The number of hydrogen-bond donors (Lipinski definition) is 6. The second-order valence-electron chi connectivity index (χ2n) is 4.32. The Morgan fingerprint density at radius 2 is 1.09 bits per heavy atom. The van der Waals surface area contributed by atoms with Crippen molar-refractivity contribution in [3.63, 3.8) is 0 Å². The van der Waals surface area contributed by atoms with Crippen LogP contribution in [0.2, 0.25) is 0 Å². The molecule has 0 aliphatic rings. The Hall–Kier alpha value is -0.400. The highest BCUT2D eigenvalue weighted by atomic mass is 16.9. The molecule has 0 aromatic heterocycles. The Labute approximate surface area is 137 Å². The monoisotopic (exact) mass is 343 g/mol. The zero-order valence-corrected chi connectivity index (χ0v) is 13.7. The van der Waals surface area contributed by atoms with E-state index in [0.717, 1.165) is 6.42 Å². The minimum atomic E-state index is -0.0678. The molecule has 23 heavy (non-hydrogen) atoms. The zero-order chi connectivity index (χ0) is 17.8. The number of hydroxylamine groups is 2. The van der Waals surface area contributed by atoms with Crippen molar-refractivity contribution in [3.05, 3.63) is 0 Å². The van der Waals surface area contributed by atoms with Crippen molar-refractivity contribution in [2.45, 2.75) is 6.42 Å². The summed E-state index contributed by atoms with van der Waals surface area (Å²) in [6.45, 7) is 3.04. The van der Waals surface area contributed by atoms with E-state index in [4.69, 9.17) is 40.9 Å². The average Bonchev–Trinajstić information content (AvgIpc) is 2.55. The number of aliphatic hydroxyl groups excluding tert-OH is 5. The molecule has 7 N–H and O–H groups in total. The molecule has 0 rings (SSSR count). The molecule has 0 aliphatic carbocycles. The predicted molar refractivity (Wildman–Crippen MR) is 84.2 cm³/mol. The number of nitrogens with two attached hydrogens (primary N) is 1. The largest absolute Gasteiger partial charge is 0.395 e. The first kappa shape index (κ1) is 24.8. The maximum absolute atomic E-state index is 8.48. The van der Waals surface area contributed by atoms with Crippen molar-refractivity contribution in [1.29, 1.82) is 0 Å². The normalized spacial score (nSPS) is 11.0. The van der Waals surface area contributed by atoms with Crippen LogP contribution in [0.4, 0.5) is 0 Å². The smallest absolute Gasteiger partial charge is 0.0942 e. The van der Waals surface area contributed by atoms with Gasteiger partial charge in [-0.25, -0.2) is 0 Å². The third-order valence-electron chi connectivity index (χ3n) is 2.45. The van der Waals surface area contributed by atoms with Gasteiger partial charge in [0.15, 0.2) is 0 Å². The van der Waals surface area contributed by atoms with Gasteiger partial charge in [-0.15, -0.1) is 0 Å². The zero-order valence-electron chi connectivity index (χ0n) is 13.7. The molecule has 0 amide bonds. The number of hydrogen-bond acceptors (Lipinski definition) is 10. The molecule has 0 aromatic rings. The molecule has 10 heteroatoms. The standard InChI is InChI=1S/C7H18N2O4.C6H15NO3/c8-2-1-3-9(12-6-4-10)13-7-5-11;8-4-1-7(2-5-9)3-6-10/h10-11H,1-8H2;8-10H,1-6H2. The van der Waals surface area contributed by atoms with Crippen molar-refractivity contribution in [2.24, 2.45) is 5.73 Å². The molecule has 0 fully saturated rings. The van der Waals surface area contributed by atoms with E-state index in [1.165, 1.54) is 5.23 Å². The molecule has 0 spiro atoms. The van der Waals surface area contributed by atoms with Gasteiger partial charge in [0.2, 0.25) is 0 Å². The number of nitrogens with zero attached hydrogens (tertiary/aromatic N) is 2. The predicted octanol–water partition coefficient (Wildman–Crippen LogP) is -3.25. The molecule has 0 saturated carbocycles. The minimum absolute atomic E-state index is 0.0678. The minimum Gasteiger partial charge on any atom is -0.395 e. The Balaban J connectivity index is 0. The lowest BCUT2D eigenvalue weighted by Gasteiger charge is -2.19. The second-order valence-corrected chi connectivity index (χ2v) is 4.32. The van der Waals surface area contributed by atoms with Crippen molar-refractivity contribution in [3.8, 4) is 0 Å². The Bertz CT molecular complexity index is 183. The average molecular weight is 343 g/mol. The molecule has 0 aromatic carbocycles. The van der Waals surface area contributed by atoms with Gasteiger partial charge in [0.05, 0.1) is 52.8 Å². The van der Waals surface area contributed by atoms with Crippen LogP contribution in [0.1, 0.15) is 6.42 Å². The van der Waals surface area contributed by atoms with Gasteiger partial charge < -0.3 is 31.3 Å². The summed E-state index contributed by atoms with van der Waals surface area (Å²) in [5.41, 5.74) is 5.30. The first-order chi connectivity index (χ1) is 11.2. The maximum atomic E-state index is 8.48. The van der Waals surface area contributed by atoms with Crippen molar-refractivity contribution in [1.82, 2.24) is 10.1 Å². The summed E-state index contributed by atoms with van der Waals surface area (Å²) >= 11 is 0. The molecule has 0 unspecified atom stereocenters. The van der Waals surface area contributed by atoms with Crippen LogP contribution < -0.4 is 5.73 Å². The van der Waals surface area contributed by atoms with E-state index in [9.17, 15) is 0 Å². The van der Waals surface area contributed by atoms with E-state index in [0.29, 0.717) is 32.7 Å². The molecule has 142 valence electrons. The van der Waals surface area contributed by atoms with Gasteiger partial charge in [-0.2, -0.15) is 0 Å². The van der Waals surface area contributed by atoms with Crippen LogP contribution in [0.25, 0.3) is 0 Å². The summed E-state index contributed by atoms with van der Waals surface area (Å²) in [5, 5.41) is 43.7. The van der Waals surface area contributed by atoms with E-state index in [-0.39, 0.29) is 46.2 Å². The van der Waals surface area contributed by atoms with Gasteiger partial charge in [-0.05, 0) is 13.0 Å². The van der Waals surface area contributed by atoms with E-state index in [1.807, 2.05) is 0 Å². The highest BCUT2D eigenvalue weighted by molar-refractivity contribution is 4.54. The van der Waals surface area contributed by atoms with Gasteiger partial charge >= 0.3 is 0 Å². The molecule has 0 bridgehead atoms. The summed E-state index contributed by atoms with van der Waals surface area (Å²) in [6.07, 6.45) is 0.733. The summed E-state index contributed by atoms with van der Waals surface area (Å²) in [4.78, 5) is 11.8. The topological polar surface area (TPSA) is 152 Å². The maximum Gasteiger partial charge on any atom is 0.0942 e. The van der Waals surface area contributed by atoms with Crippen LogP contribution in [0.5, 0.6) is 0 Å². The SMILES string of the molecule is NCCCN(OCCO)OCCO.OCCN(CCO)CCO. The lowest BCUT2D eigenvalue weighted by atomic mass is 10.4. The Kier molecular flexibility index (Phi) is 23.3. The van der Waals surface area contributed by atoms with Crippen LogP contribution in [0.15, 0.2) is 0 Å². The lowest BCUT2D eigenvalue weighted by Crippen LogP contribution is -2.32. The van der Waals surface area contributed by atoms with Gasteiger partial charge in [0.25, 0.3) is 0 Å². The van der Waals surface area contributed by atoms with Gasteiger partial charge in [-0.3, -0.25) is 14.6 Å². The van der Waals surface area contributed by atoms with E-state index in [1.54, 1.807) is 4.90 Å². The van der Waals surface area contributed by atoms with Crippen molar-refractivity contribution >= 4 is 0 Å². The van der Waals surface area contributed by atoms with Crippen LogP contribution >= 0.6 is 0 Å². The Morgan fingerprint density at radius 3 is 1.39 bits per heavy atom. The fraction of sp³-hybridized carbons (Fsp3) is 1.00. The van der Waals surface area contributed by atoms with Gasteiger partial charge in [-0.1, -0.05) is 5.23 Å². The highest BCUT2D eigenvalue weighted by Gasteiger charge is 2.04. The van der Waals surface area contributed by atoms with E-state index in [2.05, 4.69) is 0 Å². The van der Waals surface area contributed by atoms with E-state index >= 15 is 0 Å². The fourth-order valence-corrected chi connectivity index (χ4v) is 1.43. The molecule has 0 saturated heterocycles. The summed E-state index contributed by atoms with van der Waals surface area (Å²) < 4.78 is 0. The van der Waals surface area contributed by atoms with Crippen molar-refractivity contribution < 1.29 is 35.2 Å². The van der Waals surface area contributed by atoms with Crippen LogP contribution in [-0.2, 0) is 9.68 Å². The lowest BCUT2D eigenvalue weighted by molar-refractivity contribution is -0.371. The quantitative estimate of drug-likeness (QED) is 0.167. The molecule has 0 radical (unpaired) electrons. The molecule has 0 atom stereocenters.